The van der Waals surface area contributed by atoms with E-state index >= 15 is 0 Å². The van der Waals surface area contributed by atoms with E-state index in [2.05, 4.69) is 0 Å². The number of fused-ring (bicyclic) bond motifs is 1. The Morgan fingerprint density at radius 2 is 1.81 bits per heavy atom. The smallest absolute Gasteiger partial charge is 0.252 e. The lowest BCUT2D eigenvalue weighted by molar-refractivity contribution is -0.905. The molecule has 0 bridgehead atoms. The average molecular weight is 351 g/mol. The first-order chi connectivity index (χ1) is 12.6. The summed E-state index contributed by atoms with van der Waals surface area (Å²) in [5.41, 5.74) is 3.97. The molecule has 0 radical (unpaired) electrons. The highest BCUT2D eigenvalue weighted by Gasteiger charge is 2.19. The molecule has 136 valence electrons. The van der Waals surface area contributed by atoms with E-state index in [0.29, 0.717) is 0 Å². The summed E-state index contributed by atoms with van der Waals surface area (Å²) in [6, 6.07) is 11.9. The average Bonchev–Trinajstić information content (AvgIpc) is 3.01. The lowest BCUT2D eigenvalue weighted by Gasteiger charge is -2.24. The first-order valence-electron chi connectivity index (χ1n) is 9.64. The second-order valence-electron chi connectivity index (χ2n) is 7.41. The van der Waals surface area contributed by atoms with Crippen molar-refractivity contribution >= 4 is 11.0 Å². The molecule has 0 spiro atoms. The van der Waals surface area contributed by atoms with Crippen molar-refractivity contribution in [2.45, 2.75) is 39.7 Å². The van der Waals surface area contributed by atoms with E-state index in [1.54, 1.807) is 11.0 Å². The highest BCUT2D eigenvalue weighted by atomic mass is 16.1. The summed E-state index contributed by atoms with van der Waals surface area (Å²) < 4.78 is 3.86. The highest BCUT2D eigenvalue weighted by molar-refractivity contribution is 5.83. The third kappa shape index (κ3) is 3.07. The maximum atomic E-state index is 12.8. The van der Waals surface area contributed by atoms with Gasteiger partial charge in [0, 0.05) is 11.5 Å². The van der Waals surface area contributed by atoms with Gasteiger partial charge in [0.2, 0.25) is 0 Å². The van der Waals surface area contributed by atoms with Crippen molar-refractivity contribution in [2.24, 2.45) is 0 Å². The molecule has 1 fully saturated rings. The van der Waals surface area contributed by atoms with Crippen LogP contribution in [0.4, 0.5) is 0 Å². The van der Waals surface area contributed by atoms with Crippen LogP contribution in [0.25, 0.3) is 16.7 Å². The normalized spacial score (nSPS) is 15.6. The molecule has 1 N–H and O–H groups in total. The number of piperidine rings is 1. The number of aryl methyl sites for hydroxylation is 2. The van der Waals surface area contributed by atoms with E-state index in [1.807, 2.05) is 53.4 Å². The number of quaternary nitrogens is 1. The summed E-state index contributed by atoms with van der Waals surface area (Å²) in [4.78, 5) is 14.4. The molecule has 0 amide bonds. The van der Waals surface area contributed by atoms with Gasteiger partial charge in [-0.25, -0.2) is 4.68 Å². The summed E-state index contributed by atoms with van der Waals surface area (Å²) >= 11 is 0. The van der Waals surface area contributed by atoms with Crippen molar-refractivity contribution in [3.8, 4) is 5.69 Å². The number of para-hydroxylation sites is 1. The zero-order chi connectivity index (χ0) is 18.1. The topological polar surface area (TPSA) is 44.3 Å². The van der Waals surface area contributed by atoms with E-state index in [0.717, 1.165) is 41.1 Å². The first-order valence-corrected chi connectivity index (χ1v) is 9.64. The van der Waals surface area contributed by atoms with Crippen molar-refractivity contribution in [2.75, 3.05) is 19.6 Å². The molecular formula is C21H27N4O+. The third-order valence-corrected chi connectivity index (χ3v) is 5.54. The van der Waals surface area contributed by atoms with Crippen molar-refractivity contribution < 1.29 is 4.90 Å². The predicted molar refractivity (Wildman–Crippen MR) is 104 cm³/mol. The van der Waals surface area contributed by atoms with Crippen molar-refractivity contribution in [1.29, 1.82) is 0 Å². The minimum absolute atomic E-state index is 0.0727. The van der Waals surface area contributed by atoms with Gasteiger partial charge in [-0.15, -0.1) is 0 Å². The maximum Gasteiger partial charge on any atom is 0.252 e. The van der Waals surface area contributed by atoms with E-state index in [-0.39, 0.29) is 5.56 Å². The van der Waals surface area contributed by atoms with Crippen LogP contribution < -0.4 is 10.5 Å². The predicted octanol–water partition coefficient (Wildman–Crippen LogP) is 1.87. The van der Waals surface area contributed by atoms with Crippen LogP contribution in [0.2, 0.25) is 0 Å². The summed E-state index contributed by atoms with van der Waals surface area (Å²) in [6.45, 7) is 8.22. The zero-order valence-corrected chi connectivity index (χ0v) is 15.7. The molecule has 0 atom stereocenters. The summed E-state index contributed by atoms with van der Waals surface area (Å²) in [7, 11) is 0. The minimum atomic E-state index is 0.0727. The van der Waals surface area contributed by atoms with Gasteiger partial charge in [-0.2, -0.15) is 5.10 Å². The molecule has 3 heterocycles. The molecule has 5 heteroatoms. The molecule has 1 aromatic carbocycles. The van der Waals surface area contributed by atoms with E-state index in [1.165, 1.54) is 32.4 Å². The van der Waals surface area contributed by atoms with Crippen LogP contribution in [-0.2, 0) is 6.54 Å². The monoisotopic (exact) mass is 351 g/mol. The Bertz CT molecular complexity index is 965. The van der Waals surface area contributed by atoms with Crippen LogP contribution in [0.5, 0.6) is 0 Å². The van der Waals surface area contributed by atoms with Crippen LogP contribution in [0.1, 0.15) is 30.5 Å². The molecule has 1 aliphatic rings. The standard InChI is InChI=1S/C21H26N4O/c1-16-15-19(26)24(14-13-23-11-7-4-8-12-23)21-20(16)17(2)22-25(21)18-9-5-3-6-10-18/h3,5-6,9-10,15H,4,7-8,11-14H2,1-2H3/p+1. The lowest BCUT2D eigenvalue weighted by Crippen LogP contribution is -3.13. The minimum Gasteiger partial charge on any atom is -0.333 e. The Hall–Kier alpha value is -2.40. The second-order valence-corrected chi connectivity index (χ2v) is 7.41. The highest BCUT2D eigenvalue weighted by Crippen LogP contribution is 2.23. The molecule has 26 heavy (non-hydrogen) atoms. The molecule has 0 aliphatic carbocycles. The molecule has 0 saturated carbocycles. The van der Waals surface area contributed by atoms with Crippen LogP contribution >= 0.6 is 0 Å². The second kappa shape index (κ2) is 7.08. The number of hydrogen-bond acceptors (Lipinski definition) is 2. The van der Waals surface area contributed by atoms with Gasteiger partial charge >= 0.3 is 0 Å². The Morgan fingerprint density at radius 3 is 2.54 bits per heavy atom. The number of benzene rings is 1. The number of rotatable bonds is 4. The van der Waals surface area contributed by atoms with Crippen molar-refractivity contribution in [1.82, 2.24) is 14.3 Å². The largest absolute Gasteiger partial charge is 0.333 e. The van der Waals surface area contributed by atoms with E-state index < -0.39 is 0 Å². The number of nitrogens with one attached hydrogen (secondary N) is 1. The Balaban J connectivity index is 1.82. The number of hydrogen-bond donors (Lipinski definition) is 1. The van der Waals surface area contributed by atoms with Crippen molar-refractivity contribution in [3.63, 3.8) is 0 Å². The molecule has 1 aliphatic heterocycles. The maximum absolute atomic E-state index is 12.8. The first kappa shape index (κ1) is 17.0. The zero-order valence-electron chi connectivity index (χ0n) is 15.7. The molecule has 1 saturated heterocycles. The molecule has 3 aromatic rings. The van der Waals surface area contributed by atoms with Gasteiger partial charge in [0.1, 0.15) is 5.65 Å². The van der Waals surface area contributed by atoms with Gasteiger partial charge in [0.25, 0.3) is 5.56 Å². The van der Waals surface area contributed by atoms with Gasteiger partial charge in [0.05, 0.1) is 37.6 Å². The van der Waals surface area contributed by atoms with E-state index in [9.17, 15) is 4.79 Å². The lowest BCUT2D eigenvalue weighted by atomic mass is 10.1. The van der Waals surface area contributed by atoms with Crippen LogP contribution in [0.15, 0.2) is 41.2 Å². The number of nitrogens with zero attached hydrogens (tertiary/aromatic N) is 3. The van der Waals surface area contributed by atoms with Gasteiger partial charge in [-0.05, 0) is 50.8 Å². The van der Waals surface area contributed by atoms with Crippen LogP contribution in [-0.4, -0.2) is 34.0 Å². The SMILES string of the molecule is Cc1cc(=O)n(CC[NH+]2CCCCC2)c2c1c(C)nn2-c1ccccc1. The molecule has 2 aromatic heterocycles. The van der Waals surface area contributed by atoms with Crippen LogP contribution in [0, 0.1) is 13.8 Å². The fourth-order valence-electron chi connectivity index (χ4n) is 4.20. The fourth-order valence-corrected chi connectivity index (χ4v) is 4.20. The van der Waals surface area contributed by atoms with Gasteiger partial charge < -0.3 is 4.90 Å². The Kier molecular flexibility index (Phi) is 4.64. The van der Waals surface area contributed by atoms with Crippen LogP contribution in [0.3, 0.4) is 0 Å². The van der Waals surface area contributed by atoms with Gasteiger partial charge in [-0.3, -0.25) is 9.36 Å². The summed E-state index contributed by atoms with van der Waals surface area (Å²) in [5, 5.41) is 5.87. The summed E-state index contributed by atoms with van der Waals surface area (Å²) in [6.07, 6.45) is 3.95. The number of pyridine rings is 1. The van der Waals surface area contributed by atoms with Crippen molar-refractivity contribution in [3.05, 3.63) is 58.0 Å². The number of likely N-dealkylation sites (tertiary alicyclic amines) is 1. The Labute approximate surface area is 153 Å². The number of aromatic nitrogens is 3. The molecular weight excluding hydrogens is 324 g/mol. The van der Waals surface area contributed by atoms with Gasteiger partial charge in [-0.1, -0.05) is 18.2 Å². The third-order valence-electron chi connectivity index (χ3n) is 5.54. The summed E-state index contributed by atoms with van der Waals surface area (Å²) in [5.74, 6) is 0. The van der Waals surface area contributed by atoms with Gasteiger partial charge in [0.15, 0.2) is 0 Å². The fraction of sp³-hybridized carbons (Fsp3) is 0.429. The molecule has 5 nitrogen and oxygen atoms in total. The molecule has 4 rings (SSSR count). The van der Waals surface area contributed by atoms with E-state index in [4.69, 9.17) is 5.10 Å². The Morgan fingerprint density at radius 1 is 1.08 bits per heavy atom. The molecule has 0 unspecified atom stereocenters. The quantitative estimate of drug-likeness (QED) is 0.780.